The SMILES string of the molecule is C[C@H]1Cc2oc3cc(O)c(O)cc3c(=O)c2[C@H](O)O1. The molecule has 100 valence electrons. The van der Waals surface area contributed by atoms with Crippen LogP contribution in [0.2, 0.25) is 0 Å². The summed E-state index contributed by atoms with van der Waals surface area (Å²) in [6, 6.07) is 2.29. The monoisotopic (exact) mass is 264 g/mol. The number of aliphatic hydroxyl groups excluding tert-OH is 1. The van der Waals surface area contributed by atoms with Crippen LogP contribution in [0.3, 0.4) is 0 Å². The molecular formula is C13H12O6. The average molecular weight is 264 g/mol. The van der Waals surface area contributed by atoms with E-state index in [1.165, 1.54) is 6.07 Å². The molecule has 0 aliphatic carbocycles. The number of fused-ring (bicyclic) bond motifs is 2. The van der Waals surface area contributed by atoms with Gasteiger partial charge >= 0.3 is 0 Å². The van der Waals surface area contributed by atoms with Crippen molar-refractivity contribution in [2.24, 2.45) is 0 Å². The molecule has 2 aromatic rings. The highest BCUT2D eigenvalue weighted by molar-refractivity contribution is 5.81. The highest BCUT2D eigenvalue weighted by Crippen LogP contribution is 2.33. The zero-order valence-electron chi connectivity index (χ0n) is 10.1. The van der Waals surface area contributed by atoms with Crippen molar-refractivity contribution in [3.63, 3.8) is 0 Å². The fraction of sp³-hybridized carbons (Fsp3) is 0.308. The molecule has 0 bridgehead atoms. The second-order valence-electron chi connectivity index (χ2n) is 4.61. The van der Waals surface area contributed by atoms with Gasteiger partial charge in [-0.1, -0.05) is 0 Å². The van der Waals surface area contributed by atoms with E-state index in [1.807, 2.05) is 0 Å². The number of ether oxygens (including phenoxy) is 1. The molecule has 1 aliphatic rings. The van der Waals surface area contributed by atoms with Gasteiger partial charge in [-0.2, -0.15) is 0 Å². The third kappa shape index (κ3) is 1.76. The lowest BCUT2D eigenvalue weighted by atomic mass is 10.0. The first kappa shape index (κ1) is 12.0. The number of rotatable bonds is 0. The molecule has 3 N–H and O–H groups in total. The normalized spacial score (nSPS) is 22.4. The molecule has 19 heavy (non-hydrogen) atoms. The van der Waals surface area contributed by atoms with Crippen LogP contribution in [0, 0.1) is 0 Å². The van der Waals surface area contributed by atoms with E-state index in [0.29, 0.717) is 12.2 Å². The van der Waals surface area contributed by atoms with Gasteiger partial charge in [-0.3, -0.25) is 4.79 Å². The van der Waals surface area contributed by atoms with Gasteiger partial charge < -0.3 is 24.5 Å². The number of phenols is 2. The van der Waals surface area contributed by atoms with E-state index in [4.69, 9.17) is 9.15 Å². The number of aliphatic hydroxyl groups is 1. The molecule has 0 spiro atoms. The zero-order valence-corrected chi connectivity index (χ0v) is 10.1. The van der Waals surface area contributed by atoms with Crippen LogP contribution in [-0.2, 0) is 11.2 Å². The first-order chi connectivity index (χ1) is 8.97. The largest absolute Gasteiger partial charge is 0.504 e. The number of hydrogen-bond donors (Lipinski definition) is 3. The minimum Gasteiger partial charge on any atom is -0.504 e. The molecule has 0 saturated heterocycles. The highest BCUT2D eigenvalue weighted by atomic mass is 16.6. The Bertz CT molecular complexity index is 717. The van der Waals surface area contributed by atoms with Crippen molar-refractivity contribution in [1.82, 2.24) is 0 Å². The van der Waals surface area contributed by atoms with Gasteiger partial charge in [0.15, 0.2) is 17.8 Å². The number of hydrogen-bond acceptors (Lipinski definition) is 6. The first-order valence-electron chi connectivity index (χ1n) is 5.82. The number of phenolic OH excluding ortho intramolecular Hbond substituents is 2. The van der Waals surface area contributed by atoms with E-state index in [9.17, 15) is 20.1 Å². The maximum Gasteiger partial charge on any atom is 0.201 e. The lowest BCUT2D eigenvalue weighted by Gasteiger charge is -2.25. The molecular weight excluding hydrogens is 252 g/mol. The van der Waals surface area contributed by atoms with Gasteiger partial charge in [-0.05, 0) is 13.0 Å². The molecule has 2 heterocycles. The van der Waals surface area contributed by atoms with E-state index in [2.05, 4.69) is 0 Å². The van der Waals surface area contributed by atoms with Crippen molar-refractivity contribution in [1.29, 1.82) is 0 Å². The minimum atomic E-state index is -1.34. The summed E-state index contributed by atoms with van der Waals surface area (Å²) in [6.07, 6.45) is -1.25. The van der Waals surface area contributed by atoms with Gasteiger partial charge in [-0.25, -0.2) is 0 Å². The van der Waals surface area contributed by atoms with Crippen molar-refractivity contribution in [3.8, 4) is 11.5 Å². The Hall–Kier alpha value is -2.05. The predicted octanol–water partition coefficient (Wildman–Crippen LogP) is 1.16. The van der Waals surface area contributed by atoms with Gasteiger partial charge in [0.25, 0.3) is 0 Å². The molecule has 3 rings (SSSR count). The summed E-state index contributed by atoms with van der Waals surface area (Å²) in [5, 5.41) is 28.8. The highest BCUT2D eigenvalue weighted by Gasteiger charge is 2.29. The molecule has 0 unspecified atom stereocenters. The smallest absolute Gasteiger partial charge is 0.201 e. The minimum absolute atomic E-state index is 0.0516. The van der Waals surface area contributed by atoms with Crippen molar-refractivity contribution in [2.45, 2.75) is 25.7 Å². The standard InChI is InChI=1S/C13H12O6/c1-5-2-10-11(13(17)18-5)12(16)6-3-7(14)8(15)4-9(6)19-10/h3-5,13-15,17H,2H2,1H3/t5-,13+/m0/s1. The summed E-state index contributed by atoms with van der Waals surface area (Å²) in [5.41, 5.74) is -0.248. The predicted molar refractivity (Wildman–Crippen MR) is 65.0 cm³/mol. The molecule has 0 radical (unpaired) electrons. The van der Waals surface area contributed by atoms with Gasteiger partial charge in [0.1, 0.15) is 11.3 Å². The second kappa shape index (κ2) is 3.97. The summed E-state index contributed by atoms with van der Waals surface area (Å²) < 4.78 is 10.7. The molecule has 1 aliphatic heterocycles. The molecule has 1 aromatic heterocycles. The van der Waals surface area contributed by atoms with Gasteiger partial charge in [0.05, 0.1) is 17.1 Å². The summed E-state index contributed by atoms with van der Waals surface area (Å²) in [4.78, 5) is 12.3. The van der Waals surface area contributed by atoms with E-state index in [0.717, 1.165) is 6.07 Å². The van der Waals surface area contributed by atoms with Gasteiger partial charge in [0, 0.05) is 12.5 Å². The van der Waals surface area contributed by atoms with Crippen molar-refractivity contribution >= 4 is 11.0 Å². The van der Waals surface area contributed by atoms with E-state index >= 15 is 0 Å². The van der Waals surface area contributed by atoms with Crippen molar-refractivity contribution < 1.29 is 24.5 Å². The Balaban J connectivity index is 2.36. The number of benzene rings is 1. The molecule has 2 atom stereocenters. The lowest BCUT2D eigenvalue weighted by molar-refractivity contribution is -0.146. The summed E-state index contributed by atoms with van der Waals surface area (Å²) in [5.74, 6) is -0.440. The van der Waals surface area contributed by atoms with Crippen LogP contribution >= 0.6 is 0 Å². The molecule has 6 nitrogen and oxygen atoms in total. The Labute approximate surface area is 107 Å². The van der Waals surface area contributed by atoms with Crippen LogP contribution in [-0.4, -0.2) is 21.4 Å². The third-order valence-electron chi connectivity index (χ3n) is 3.18. The van der Waals surface area contributed by atoms with Crippen LogP contribution in [0.5, 0.6) is 11.5 Å². The van der Waals surface area contributed by atoms with Crippen molar-refractivity contribution in [3.05, 3.63) is 33.7 Å². The Morgan fingerprint density at radius 1 is 1.26 bits per heavy atom. The van der Waals surface area contributed by atoms with E-state index < -0.39 is 17.5 Å². The molecule has 1 aromatic carbocycles. The Kier molecular flexibility index (Phi) is 2.51. The van der Waals surface area contributed by atoms with Crippen LogP contribution in [0.15, 0.2) is 21.3 Å². The van der Waals surface area contributed by atoms with E-state index in [-0.39, 0.29) is 28.4 Å². The topological polar surface area (TPSA) is 100 Å². The van der Waals surface area contributed by atoms with Crippen LogP contribution in [0.25, 0.3) is 11.0 Å². The zero-order chi connectivity index (χ0) is 13.7. The lowest BCUT2D eigenvalue weighted by Crippen LogP contribution is -2.29. The summed E-state index contributed by atoms with van der Waals surface area (Å²) >= 11 is 0. The molecule has 0 saturated carbocycles. The molecule has 6 heteroatoms. The fourth-order valence-electron chi connectivity index (χ4n) is 2.28. The third-order valence-corrected chi connectivity index (χ3v) is 3.18. The average Bonchev–Trinajstić information content (AvgIpc) is 2.31. The Morgan fingerprint density at radius 3 is 2.68 bits per heavy atom. The van der Waals surface area contributed by atoms with Crippen molar-refractivity contribution in [2.75, 3.05) is 0 Å². The molecule has 0 amide bonds. The van der Waals surface area contributed by atoms with E-state index in [1.54, 1.807) is 6.92 Å². The fourth-order valence-corrected chi connectivity index (χ4v) is 2.28. The van der Waals surface area contributed by atoms with Crippen LogP contribution < -0.4 is 5.43 Å². The second-order valence-corrected chi connectivity index (χ2v) is 4.61. The molecule has 0 fully saturated rings. The summed E-state index contributed by atoms with van der Waals surface area (Å²) in [7, 11) is 0. The van der Waals surface area contributed by atoms with Crippen LogP contribution in [0.4, 0.5) is 0 Å². The number of aromatic hydroxyl groups is 2. The quantitative estimate of drug-likeness (QED) is 0.617. The maximum absolute atomic E-state index is 12.3. The van der Waals surface area contributed by atoms with Crippen LogP contribution in [0.1, 0.15) is 24.5 Å². The maximum atomic E-state index is 12.3. The summed E-state index contributed by atoms with van der Waals surface area (Å²) in [6.45, 7) is 1.75. The Morgan fingerprint density at radius 2 is 1.95 bits per heavy atom. The first-order valence-corrected chi connectivity index (χ1v) is 5.82. The van der Waals surface area contributed by atoms with Gasteiger partial charge in [0.2, 0.25) is 5.43 Å². The van der Waals surface area contributed by atoms with Gasteiger partial charge in [-0.15, -0.1) is 0 Å².